The minimum atomic E-state index is 0.0568. The van der Waals surface area contributed by atoms with E-state index in [-0.39, 0.29) is 5.41 Å². The summed E-state index contributed by atoms with van der Waals surface area (Å²) in [4.78, 5) is 0. The molecule has 0 bridgehead atoms. The van der Waals surface area contributed by atoms with Gasteiger partial charge in [-0.1, -0.05) is 82.3 Å². The lowest BCUT2D eigenvalue weighted by Crippen LogP contribution is -2.21. The molecule has 0 aliphatic rings. The maximum absolute atomic E-state index is 2.32. The van der Waals surface area contributed by atoms with Crippen LogP contribution in [0.4, 0.5) is 0 Å². The van der Waals surface area contributed by atoms with Gasteiger partial charge >= 0.3 is 0 Å². The van der Waals surface area contributed by atoms with Crippen molar-refractivity contribution >= 4 is 0 Å². The molecule has 0 aromatic heterocycles. The Balaban J connectivity index is 2.52. The molecule has 0 nitrogen and oxygen atoms in total. The third-order valence-corrected chi connectivity index (χ3v) is 4.27. The van der Waals surface area contributed by atoms with Gasteiger partial charge < -0.3 is 0 Å². The lowest BCUT2D eigenvalue weighted by Gasteiger charge is -2.30. The lowest BCUT2D eigenvalue weighted by atomic mass is 9.74. The van der Waals surface area contributed by atoms with E-state index in [0.717, 1.165) is 0 Å². The summed E-state index contributed by atoms with van der Waals surface area (Å²) < 4.78 is 0. The summed E-state index contributed by atoms with van der Waals surface area (Å²) in [7, 11) is 0. The summed E-state index contributed by atoms with van der Waals surface area (Å²) in [5.74, 6) is 0.610. The molecule has 0 saturated heterocycles. The Morgan fingerprint density at radius 2 is 1.47 bits per heavy atom. The molecule has 0 heterocycles. The molecule has 0 saturated carbocycles. The van der Waals surface area contributed by atoms with Crippen molar-refractivity contribution < 1.29 is 0 Å². The maximum atomic E-state index is 2.32. The summed E-state index contributed by atoms with van der Waals surface area (Å²) >= 11 is 0. The first-order valence-corrected chi connectivity index (χ1v) is 7.22. The molecule has 2 rings (SSSR count). The first kappa shape index (κ1) is 13.9. The van der Waals surface area contributed by atoms with Gasteiger partial charge in [-0.25, -0.2) is 0 Å². The molecule has 0 radical (unpaired) electrons. The topological polar surface area (TPSA) is 0 Å². The van der Waals surface area contributed by atoms with Crippen molar-refractivity contribution in [3.8, 4) is 0 Å². The molecular weight excluding hydrogens is 228 g/mol. The van der Waals surface area contributed by atoms with Crippen molar-refractivity contribution in [1.82, 2.24) is 0 Å². The van der Waals surface area contributed by atoms with Gasteiger partial charge in [0.1, 0.15) is 0 Å². The quantitative estimate of drug-likeness (QED) is 0.671. The van der Waals surface area contributed by atoms with E-state index in [1.807, 2.05) is 0 Å². The zero-order valence-corrected chi connectivity index (χ0v) is 12.5. The van der Waals surface area contributed by atoms with Gasteiger partial charge in [-0.3, -0.25) is 0 Å². The average Bonchev–Trinajstić information content (AvgIpc) is 2.47. The van der Waals surface area contributed by atoms with Crippen molar-refractivity contribution in [3.63, 3.8) is 0 Å². The van der Waals surface area contributed by atoms with Crippen LogP contribution in [0.2, 0.25) is 0 Å². The van der Waals surface area contributed by atoms with E-state index in [4.69, 9.17) is 0 Å². The highest BCUT2D eigenvalue weighted by Crippen LogP contribution is 2.36. The van der Waals surface area contributed by atoms with Gasteiger partial charge in [0.15, 0.2) is 0 Å². The Hall–Kier alpha value is -1.56. The van der Waals surface area contributed by atoms with Crippen molar-refractivity contribution in [2.24, 2.45) is 0 Å². The van der Waals surface area contributed by atoms with Crippen LogP contribution in [0.15, 0.2) is 54.6 Å². The predicted octanol–water partition coefficient (Wildman–Crippen LogP) is 5.53. The first-order valence-electron chi connectivity index (χ1n) is 7.22. The van der Waals surface area contributed by atoms with Gasteiger partial charge in [-0.05, 0) is 29.0 Å². The molecule has 0 amide bonds. The second kappa shape index (κ2) is 5.61. The largest absolute Gasteiger partial charge is 0.0648 e. The van der Waals surface area contributed by atoms with Crippen molar-refractivity contribution in [2.45, 2.75) is 45.4 Å². The Morgan fingerprint density at radius 1 is 0.895 bits per heavy atom. The van der Waals surface area contributed by atoms with E-state index in [2.05, 4.69) is 82.3 Å². The van der Waals surface area contributed by atoms with Crippen LogP contribution < -0.4 is 0 Å². The number of hydrogen-bond acceptors (Lipinski definition) is 0. The van der Waals surface area contributed by atoms with Gasteiger partial charge in [0.05, 0.1) is 0 Å². The summed E-state index contributed by atoms with van der Waals surface area (Å²) in [6, 6.07) is 19.7. The van der Waals surface area contributed by atoms with Gasteiger partial charge in [0, 0.05) is 5.41 Å². The second-order valence-electron chi connectivity index (χ2n) is 5.89. The molecule has 1 atom stereocenters. The molecule has 1 unspecified atom stereocenters. The molecule has 0 N–H and O–H groups in total. The Morgan fingerprint density at radius 3 is 2.11 bits per heavy atom. The Kier molecular flexibility index (Phi) is 4.09. The highest BCUT2D eigenvalue weighted by atomic mass is 14.3. The van der Waals surface area contributed by atoms with Gasteiger partial charge in [-0.15, -0.1) is 0 Å². The van der Waals surface area contributed by atoms with E-state index in [1.165, 1.54) is 23.1 Å². The Bertz CT molecular complexity index is 523. The van der Waals surface area contributed by atoms with E-state index < -0.39 is 0 Å². The Labute approximate surface area is 117 Å². The normalized spacial score (nSPS) is 13.3. The lowest BCUT2D eigenvalue weighted by molar-refractivity contribution is 0.612. The minimum absolute atomic E-state index is 0.0568. The second-order valence-corrected chi connectivity index (χ2v) is 5.89. The van der Waals surface area contributed by atoms with Crippen LogP contribution in [0.25, 0.3) is 0 Å². The summed E-state index contributed by atoms with van der Waals surface area (Å²) in [6.45, 7) is 9.23. The van der Waals surface area contributed by atoms with Crippen molar-refractivity contribution in [3.05, 3.63) is 71.3 Å². The molecule has 0 aliphatic heterocycles. The monoisotopic (exact) mass is 252 g/mol. The van der Waals surface area contributed by atoms with Crippen LogP contribution in [-0.2, 0) is 5.41 Å². The molecule has 0 fully saturated rings. The van der Waals surface area contributed by atoms with Crippen molar-refractivity contribution in [1.29, 1.82) is 0 Å². The van der Waals surface area contributed by atoms with E-state index >= 15 is 0 Å². The smallest absolute Gasteiger partial charge is 0.0149 e. The number of benzene rings is 2. The standard InChI is InChI=1S/C19H24/c1-5-15(2)17-13-9-10-14-18(17)19(3,4)16-11-7-6-8-12-16/h6-15H,5H2,1-4H3. The molecule has 0 aliphatic carbocycles. The van der Waals surface area contributed by atoms with E-state index in [0.29, 0.717) is 5.92 Å². The molecule has 100 valence electrons. The minimum Gasteiger partial charge on any atom is -0.0648 e. The fraction of sp³-hybridized carbons (Fsp3) is 0.368. The van der Waals surface area contributed by atoms with E-state index in [9.17, 15) is 0 Å². The maximum Gasteiger partial charge on any atom is 0.0149 e. The van der Waals surface area contributed by atoms with Crippen molar-refractivity contribution in [2.75, 3.05) is 0 Å². The number of rotatable bonds is 4. The molecule has 2 aromatic rings. The van der Waals surface area contributed by atoms with Crippen LogP contribution in [0.1, 0.15) is 56.7 Å². The highest BCUT2D eigenvalue weighted by Gasteiger charge is 2.26. The van der Waals surface area contributed by atoms with Gasteiger partial charge in [0.2, 0.25) is 0 Å². The molecule has 0 spiro atoms. The van der Waals surface area contributed by atoms with Crippen LogP contribution in [0.3, 0.4) is 0 Å². The molecular formula is C19H24. The highest BCUT2D eigenvalue weighted by molar-refractivity contribution is 5.43. The number of hydrogen-bond donors (Lipinski definition) is 0. The zero-order chi connectivity index (χ0) is 13.9. The van der Waals surface area contributed by atoms with Crippen LogP contribution in [0, 0.1) is 0 Å². The van der Waals surface area contributed by atoms with Gasteiger partial charge in [-0.2, -0.15) is 0 Å². The third-order valence-electron chi connectivity index (χ3n) is 4.27. The molecule has 2 aromatic carbocycles. The van der Waals surface area contributed by atoms with E-state index in [1.54, 1.807) is 0 Å². The molecule has 0 heteroatoms. The SMILES string of the molecule is CCC(C)c1ccccc1C(C)(C)c1ccccc1. The summed E-state index contributed by atoms with van der Waals surface area (Å²) in [5.41, 5.74) is 4.38. The predicted molar refractivity (Wildman–Crippen MR) is 83.7 cm³/mol. The van der Waals surface area contributed by atoms with Crippen LogP contribution in [-0.4, -0.2) is 0 Å². The van der Waals surface area contributed by atoms with Crippen LogP contribution in [0.5, 0.6) is 0 Å². The summed E-state index contributed by atoms with van der Waals surface area (Å²) in [5, 5.41) is 0. The zero-order valence-electron chi connectivity index (χ0n) is 12.5. The van der Waals surface area contributed by atoms with Crippen LogP contribution >= 0.6 is 0 Å². The first-order chi connectivity index (χ1) is 9.07. The average molecular weight is 252 g/mol. The third kappa shape index (κ3) is 2.73. The summed E-state index contributed by atoms with van der Waals surface area (Å²) in [6.07, 6.45) is 1.18. The fourth-order valence-corrected chi connectivity index (χ4v) is 2.73. The fourth-order valence-electron chi connectivity index (χ4n) is 2.73. The molecule has 19 heavy (non-hydrogen) atoms. The van der Waals surface area contributed by atoms with Gasteiger partial charge in [0.25, 0.3) is 0 Å².